The van der Waals surface area contributed by atoms with Gasteiger partial charge in [-0.3, -0.25) is 4.79 Å². The molecule has 106 valence electrons. The van der Waals surface area contributed by atoms with Gasteiger partial charge < -0.3 is 11.1 Å². The molecule has 1 amide bonds. The van der Waals surface area contributed by atoms with E-state index in [1.54, 1.807) is 18.2 Å². The van der Waals surface area contributed by atoms with E-state index in [0.717, 1.165) is 32.1 Å². The number of hydrogen-bond acceptors (Lipinski definition) is 2. The van der Waals surface area contributed by atoms with Crippen molar-refractivity contribution in [2.24, 2.45) is 5.73 Å². The summed E-state index contributed by atoms with van der Waals surface area (Å²) in [6, 6.07) is 5.01. The smallest absolute Gasteiger partial charge is 0.244 e. The molecule has 1 aliphatic rings. The highest BCUT2D eigenvalue weighted by Gasteiger charge is 2.35. The number of rotatable bonds is 2. The van der Waals surface area contributed by atoms with E-state index in [0.29, 0.717) is 15.7 Å². The van der Waals surface area contributed by atoms with Crippen molar-refractivity contribution in [1.29, 1.82) is 0 Å². The van der Waals surface area contributed by atoms with Crippen LogP contribution in [0.2, 0.25) is 10.0 Å². The number of nitrogens with one attached hydrogen (secondary N) is 1. The van der Waals surface area contributed by atoms with Crippen LogP contribution in [0.3, 0.4) is 0 Å². The van der Waals surface area contributed by atoms with Crippen LogP contribution in [0, 0.1) is 0 Å². The molecule has 0 unspecified atom stereocenters. The van der Waals surface area contributed by atoms with E-state index in [4.69, 9.17) is 28.9 Å². The Labute approximate surface area is 129 Å². The molecule has 0 bridgehead atoms. The third-order valence-corrected chi connectivity index (χ3v) is 4.11. The summed E-state index contributed by atoms with van der Waals surface area (Å²) >= 11 is 11.7. The number of carbonyl (C=O) groups is 1. The number of anilines is 1. The zero-order valence-electron chi connectivity index (χ0n) is 10.4. The highest BCUT2D eigenvalue weighted by Crippen LogP contribution is 2.29. The maximum absolute atomic E-state index is 12.2. The van der Waals surface area contributed by atoms with Crippen LogP contribution in [0.4, 0.5) is 5.69 Å². The molecule has 3 nitrogen and oxygen atoms in total. The van der Waals surface area contributed by atoms with E-state index in [2.05, 4.69) is 5.32 Å². The predicted molar refractivity (Wildman–Crippen MR) is 82.3 cm³/mol. The number of halogens is 3. The Kier molecular flexibility index (Phi) is 5.93. The lowest BCUT2D eigenvalue weighted by Crippen LogP contribution is -2.52. The van der Waals surface area contributed by atoms with Gasteiger partial charge in [-0.25, -0.2) is 0 Å². The van der Waals surface area contributed by atoms with Crippen LogP contribution in [0.1, 0.15) is 32.1 Å². The van der Waals surface area contributed by atoms with Gasteiger partial charge >= 0.3 is 0 Å². The molecule has 0 saturated heterocycles. The summed E-state index contributed by atoms with van der Waals surface area (Å²) in [4.78, 5) is 12.2. The van der Waals surface area contributed by atoms with Gasteiger partial charge in [-0.05, 0) is 31.0 Å². The highest BCUT2D eigenvalue weighted by molar-refractivity contribution is 6.42. The first-order valence-corrected chi connectivity index (χ1v) is 6.82. The number of carbonyl (C=O) groups excluding carboxylic acids is 1. The molecule has 2 rings (SSSR count). The van der Waals surface area contributed by atoms with Gasteiger partial charge in [-0.15, -0.1) is 12.4 Å². The van der Waals surface area contributed by atoms with Crippen molar-refractivity contribution in [3.63, 3.8) is 0 Å². The van der Waals surface area contributed by atoms with Gasteiger partial charge in [0.05, 0.1) is 15.6 Å². The minimum Gasteiger partial charge on any atom is -0.324 e. The molecule has 0 aromatic heterocycles. The third-order valence-electron chi connectivity index (χ3n) is 3.38. The van der Waals surface area contributed by atoms with Gasteiger partial charge in [0.2, 0.25) is 5.91 Å². The van der Waals surface area contributed by atoms with Crippen molar-refractivity contribution >= 4 is 47.2 Å². The summed E-state index contributed by atoms with van der Waals surface area (Å²) in [5.41, 5.74) is 6.03. The fraction of sp³-hybridized carbons (Fsp3) is 0.462. The Hall–Kier alpha value is -0.480. The zero-order chi connectivity index (χ0) is 13.2. The van der Waals surface area contributed by atoms with E-state index in [9.17, 15) is 4.79 Å². The lowest BCUT2D eigenvalue weighted by atomic mass is 9.82. The Morgan fingerprint density at radius 3 is 2.37 bits per heavy atom. The second-order valence-electron chi connectivity index (χ2n) is 4.80. The van der Waals surface area contributed by atoms with E-state index >= 15 is 0 Å². The molecular weight excluding hydrogens is 307 g/mol. The quantitative estimate of drug-likeness (QED) is 0.864. The van der Waals surface area contributed by atoms with Crippen LogP contribution in [0.15, 0.2) is 18.2 Å². The number of nitrogens with two attached hydrogens (primary N) is 1. The molecule has 0 spiro atoms. The van der Waals surface area contributed by atoms with Crippen molar-refractivity contribution in [3.8, 4) is 0 Å². The Balaban J connectivity index is 0.00000180. The Morgan fingerprint density at radius 1 is 1.16 bits per heavy atom. The van der Waals surface area contributed by atoms with Crippen LogP contribution in [0.5, 0.6) is 0 Å². The molecule has 0 radical (unpaired) electrons. The second kappa shape index (κ2) is 6.80. The predicted octanol–water partition coefficient (Wildman–Crippen LogP) is 4.02. The first-order chi connectivity index (χ1) is 8.51. The van der Waals surface area contributed by atoms with Crippen LogP contribution in [0.25, 0.3) is 0 Å². The van der Waals surface area contributed by atoms with Crippen LogP contribution in [-0.4, -0.2) is 11.4 Å². The third kappa shape index (κ3) is 3.99. The first-order valence-electron chi connectivity index (χ1n) is 6.07. The van der Waals surface area contributed by atoms with Gasteiger partial charge in [0.25, 0.3) is 0 Å². The zero-order valence-corrected chi connectivity index (χ0v) is 12.7. The van der Waals surface area contributed by atoms with Gasteiger partial charge in [0.1, 0.15) is 0 Å². The maximum Gasteiger partial charge on any atom is 0.244 e. The lowest BCUT2D eigenvalue weighted by molar-refractivity contribution is -0.122. The van der Waals surface area contributed by atoms with Crippen molar-refractivity contribution in [1.82, 2.24) is 0 Å². The summed E-state index contributed by atoms with van der Waals surface area (Å²) in [6.07, 6.45) is 4.63. The van der Waals surface area contributed by atoms with E-state index in [1.165, 1.54) is 0 Å². The van der Waals surface area contributed by atoms with E-state index < -0.39 is 5.54 Å². The maximum atomic E-state index is 12.2. The SMILES string of the molecule is Cl.NC1(C(=O)Nc2ccc(Cl)c(Cl)c2)CCCCC1. The van der Waals surface area contributed by atoms with Gasteiger partial charge in [-0.2, -0.15) is 0 Å². The highest BCUT2D eigenvalue weighted by atomic mass is 35.5. The van der Waals surface area contributed by atoms with Crippen molar-refractivity contribution in [2.75, 3.05) is 5.32 Å². The van der Waals surface area contributed by atoms with Crippen LogP contribution in [-0.2, 0) is 4.79 Å². The summed E-state index contributed by atoms with van der Waals surface area (Å²) in [6.45, 7) is 0. The monoisotopic (exact) mass is 322 g/mol. The Bertz CT molecular complexity index is 459. The number of amides is 1. The average molecular weight is 324 g/mol. The number of hydrogen-bond donors (Lipinski definition) is 2. The molecule has 0 aliphatic heterocycles. The minimum absolute atomic E-state index is 0. The minimum atomic E-state index is -0.746. The van der Waals surface area contributed by atoms with Gasteiger partial charge in [-0.1, -0.05) is 42.5 Å². The largest absolute Gasteiger partial charge is 0.324 e. The molecule has 1 aromatic rings. The topological polar surface area (TPSA) is 55.1 Å². The second-order valence-corrected chi connectivity index (χ2v) is 5.61. The first kappa shape index (κ1) is 16.6. The molecular formula is C13H17Cl3N2O. The summed E-state index contributed by atoms with van der Waals surface area (Å²) in [7, 11) is 0. The lowest BCUT2D eigenvalue weighted by Gasteiger charge is -2.31. The summed E-state index contributed by atoms with van der Waals surface area (Å²) in [5, 5.41) is 3.70. The van der Waals surface area contributed by atoms with Crippen LogP contribution >= 0.6 is 35.6 Å². The van der Waals surface area contributed by atoms with Crippen molar-refractivity contribution < 1.29 is 4.79 Å². The molecule has 1 fully saturated rings. The van der Waals surface area contributed by atoms with Crippen molar-refractivity contribution in [3.05, 3.63) is 28.2 Å². The molecule has 0 atom stereocenters. The van der Waals surface area contributed by atoms with E-state index in [-0.39, 0.29) is 18.3 Å². The standard InChI is InChI=1S/C13H16Cl2N2O.ClH/c14-10-5-4-9(8-11(10)15)17-12(18)13(16)6-2-1-3-7-13;/h4-5,8H,1-3,6-7,16H2,(H,17,18);1H. The molecule has 1 aliphatic carbocycles. The van der Waals surface area contributed by atoms with Crippen molar-refractivity contribution in [2.45, 2.75) is 37.6 Å². The van der Waals surface area contributed by atoms with Gasteiger partial charge in [0, 0.05) is 5.69 Å². The van der Waals surface area contributed by atoms with Gasteiger partial charge in [0.15, 0.2) is 0 Å². The molecule has 6 heteroatoms. The normalized spacial score (nSPS) is 17.4. The number of benzene rings is 1. The summed E-state index contributed by atoms with van der Waals surface area (Å²) in [5.74, 6) is -0.138. The molecule has 0 heterocycles. The Morgan fingerprint density at radius 2 is 1.79 bits per heavy atom. The fourth-order valence-corrected chi connectivity index (χ4v) is 2.54. The molecule has 1 aromatic carbocycles. The summed E-state index contributed by atoms with van der Waals surface area (Å²) < 4.78 is 0. The van der Waals surface area contributed by atoms with E-state index in [1.807, 2.05) is 0 Å². The van der Waals surface area contributed by atoms with Crippen LogP contribution < -0.4 is 11.1 Å². The molecule has 1 saturated carbocycles. The average Bonchev–Trinajstić information content (AvgIpc) is 2.35. The molecule has 19 heavy (non-hydrogen) atoms. The molecule has 3 N–H and O–H groups in total. The fourth-order valence-electron chi connectivity index (χ4n) is 2.24.